The lowest BCUT2D eigenvalue weighted by molar-refractivity contribution is -0.133. The van der Waals surface area contributed by atoms with Gasteiger partial charge in [0.1, 0.15) is 0 Å². The standard InChI is InChI=1S/C15H27N5O3S/c1-15(2,13-16)12-14(21)18-6-10-20(11-7-18)24(22,23)19-8-4-17(3)5-9-19/h4-12H2,1-3H3. The molecule has 2 heterocycles. The predicted octanol–water partition coefficient (Wildman–Crippen LogP) is -0.437. The van der Waals surface area contributed by atoms with Crippen molar-refractivity contribution >= 4 is 16.1 Å². The normalized spacial score (nSPS) is 22.3. The van der Waals surface area contributed by atoms with E-state index in [1.807, 2.05) is 7.05 Å². The van der Waals surface area contributed by atoms with Crippen molar-refractivity contribution in [3.63, 3.8) is 0 Å². The highest BCUT2D eigenvalue weighted by molar-refractivity contribution is 7.86. The minimum Gasteiger partial charge on any atom is -0.340 e. The minimum atomic E-state index is -3.45. The third kappa shape index (κ3) is 4.45. The maximum atomic E-state index is 12.7. The topological polar surface area (TPSA) is 88.0 Å². The summed E-state index contributed by atoms with van der Waals surface area (Å²) in [4.78, 5) is 16.0. The van der Waals surface area contributed by atoms with Gasteiger partial charge in [0.25, 0.3) is 10.2 Å². The second-order valence-corrected chi connectivity index (χ2v) is 9.09. The number of amides is 1. The second kappa shape index (κ2) is 7.35. The first-order valence-corrected chi connectivity index (χ1v) is 9.68. The summed E-state index contributed by atoms with van der Waals surface area (Å²) in [6, 6.07) is 2.13. The van der Waals surface area contributed by atoms with Gasteiger partial charge in [-0.3, -0.25) is 4.79 Å². The number of piperazine rings is 2. The molecule has 9 heteroatoms. The second-order valence-electron chi connectivity index (χ2n) is 7.16. The Bertz CT molecular complexity index is 597. The molecule has 2 saturated heterocycles. The Morgan fingerprint density at radius 2 is 1.46 bits per heavy atom. The third-order valence-corrected chi connectivity index (χ3v) is 6.64. The van der Waals surface area contributed by atoms with E-state index < -0.39 is 15.6 Å². The molecule has 8 nitrogen and oxygen atoms in total. The Kier molecular flexibility index (Phi) is 5.86. The summed E-state index contributed by atoms with van der Waals surface area (Å²) in [5, 5.41) is 9.04. The van der Waals surface area contributed by atoms with Gasteiger partial charge in [-0.2, -0.15) is 22.3 Å². The van der Waals surface area contributed by atoms with E-state index >= 15 is 0 Å². The van der Waals surface area contributed by atoms with Gasteiger partial charge >= 0.3 is 0 Å². The number of nitriles is 1. The molecule has 24 heavy (non-hydrogen) atoms. The first-order chi connectivity index (χ1) is 11.2. The first-order valence-electron chi connectivity index (χ1n) is 8.28. The highest BCUT2D eigenvalue weighted by Gasteiger charge is 2.35. The van der Waals surface area contributed by atoms with Gasteiger partial charge in [0.2, 0.25) is 5.91 Å². The van der Waals surface area contributed by atoms with E-state index in [4.69, 9.17) is 5.26 Å². The van der Waals surface area contributed by atoms with E-state index in [9.17, 15) is 13.2 Å². The van der Waals surface area contributed by atoms with Crippen LogP contribution in [-0.2, 0) is 15.0 Å². The lowest BCUT2D eigenvalue weighted by atomic mass is 9.91. The van der Waals surface area contributed by atoms with E-state index in [0.29, 0.717) is 39.3 Å². The van der Waals surface area contributed by atoms with Crippen molar-refractivity contribution in [3.05, 3.63) is 0 Å². The minimum absolute atomic E-state index is 0.0850. The Morgan fingerprint density at radius 1 is 1.00 bits per heavy atom. The average molecular weight is 357 g/mol. The predicted molar refractivity (Wildman–Crippen MR) is 90.2 cm³/mol. The molecule has 1 amide bonds. The van der Waals surface area contributed by atoms with Gasteiger partial charge in [-0.05, 0) is 20.9 Å². The summed E-state index contributed by atoms with van der Waals surface area (Å²) < 4.78 is 28.4. The van der Waals surface area contributed by atoms with Crippen molar-refractivity contribution in [3.8, 4) is 6.07 Å². The number of carbonyl (C=O) groups excluding carboxylic acids is 1. The third-order valence-electron chi connectivity index (χ3n) is 4.60. The van der Waals surface area contributed by atoms with Crippen molar-refractivity contribution in [2.24, 2.45) is 5.41 Å². The van der Waals surface area contributed by atoms with E-state index in [-0.39, 0.29) is 12.3 Å². The molecule has 0 bridgehead atoms. The summed E-state index contributed by atoms with van der Waals surface area (Å²) in [6.45, 7) is 7.35. The number of hydrogen-bond acceptors (Lipinski definition) is 5. The van der Waals surface area contributed by atoms with Crippen LogP contribution in [0.15, 0.2) is 0 Å². The molecule has 2 aliphatic rings. The van der Waals surface area contributed by atoms with Gasteiger partial charge in [0, 0.05) is 58.8 Å². The molecule has 0 N–H and O–H groups in total. The molecule has 2 aliphatic heterocycles. The van der Waals surface area contributed by atoms with Crippen molar-refractivity contribution in [1.29, 1.82) is 5.26 Å². The zero-order valence-electron chi connectivity index (χ0n) is 14.7. The highest BCUT2D eigenvalue weighted by atomic mass is 32.2. The van der Waals surface area contributed by atoms with E-state index in [1.165, 1.54) is 8.61 Å². The smallest absolute Gasteiger partial charge is 0.282 e. The van der Waals surface area contributed by atoms with Gasteiger partial charge in [-0.15, -0.1) is 0 Å². The van der Waals surface area contributed by atoms with Crippen LogP contribution in [0.4, 0.5) is 0 Å². The van der Waals surface area contributed by atoms with Crippen LogP contribution in [0.5, 0.6) is 0 Å². The molecule has 0 unspecified atom stereocenters. The van der Waals surface area contributed by atoms with Crippen molar-refractivity contribution in [2.45, 2.75) is 20.3 Å². The first kappa shape index (κ1) is 19.1. The van der Waals surface area contributed by atoms with Crippen LogP contribution in [0.3, 0.4) is 0 Å². The van der Waals surface area contributed by atoms with E-state index in [1.54, 1.807) is 18.7 Å². The molecule has 0 aromatic rings. The molecule has 0 aliphatic carbocycles. The SMILES string of the molecule is CN1CCN(S(=O)(=O)N2CCN(C(=O)CC(C)(C)C#N)CC2)CC1. The van der Waals surface area contributed by atoms with Gasteiger partial charge < -0.3 is 9.80 Å². The number of carbonyl (C=O) groups is 1. The summed E-state index contributed by atoms with van der Waals surface area (Å²) in [7, 11) is -1.46. The van der Waals surface area contributed by atoms with E-state index in [2.05, 4.69) is 11.0 Å². The maximum absolute atomic E-state index is 12.7. The summed E-state index contributed by atoms with van der Waals surface area (Å²) in [5.41, 5.74) is -0.694. The Balaban J connectivity index is 1.90. The van der Waals surface area contributed by atoms with Crippen LogP contribution in [0.1, 0.15) is 20.3 Å². The lowest BCUT2D eigenvalue weighted by Crippen LogP contribution is -2.57. The summed E-state index contributed by atoms with van der Waals surface area (Å²) >= 11 is 0. The molecule has 0 aromatic heterocycles. The van der Waals surface area contributed by atoms with Gasteiger partial charge in [0.15, 0.2) is 0 Å². The highest BCUT2D eigenvalue weighted by Crippen LogP contribution is 2.21. The number of likely N-dealkylation sites (N-methyl/N-ethyl adjacent to an activating group) is 1. The van der Waals surface area contributed by atoms with Crippen LogP contribution in [0.2, 0.25) is 0 Å². The van der Waals surface area contributed by atoms with Crippen molar-refractivity contribution in [1.82, 2.24) is 18.4 Å². The fourth-order valence-corrected chi connectivity index (χ4v) is 4.46. The van der Waals surface area contributed by atoms with Gasteiger partial charge in [0.05, 0.1) is 11.5 Å². The van der Waals surface area contributed by atoms with Crippen LogP contribution in [0.25, 0.3) is 0 Å². The number of nitrogens with zero attached hydrogens (tertiary/aromatic N) is 5. The largest absolute Gasteiger partial charge is 0.340 e. The molecular weight excluding hydrogens is 330 g/mol. The summed E-state index contributed by atoms with van der Waals surface area (Å²) in [5.74, 6) is -0.0850. The molecule has 0 aromatic carbocycles. The molecule has 2 rings (SSSR count). The number of rotatable bonds is 4. The lowest BCUT2D eigenvalue weighted by Gasteiger charge is -2.39. The molecule has 0 radical (unpaired) electrons. The quantitative estimate of drug-likeness (QED) is 0.681. The van der Waals surface area contributed by atoms with Crippen LogP contribution in [-0.4, -0.2) is 92.1 Å². The molecule has 2 fully saturated rings. The van der Waals surface area contributed by atoms with Gasteiger partial charge in [-0.1, -0.05) is 0 Å². The fourth-order valence-electron chi connectivity index (χ4n) is 2.88. The zero-order valence-corrected chi connectivity index (χ0v) is 15.5. The average Bonchev–Trinajstić information content (AvgIpc) is 2.55. The van der Waals surface area contributed by atoms with Crippen LogP contribution >= 0.6 is 0 Å². The molecule has 0 atom stereocenters. The molecule has 0 spiro atoms. The maximum Gasteiger partial charge on any atom is 0.282 e. The fraction of sp³-hybridized carbons (Fsp3) is 0.867. The molecule has 136 valence electrons. The Morgan fingerprint density at radius 3 is 1.92 bits per heavy atom. The van der Waals surface area contributed by atoms with Gasteiger partial charge in [-0.25, -0.2) is 0 Å². The van der Waals surface area contributed by atoms with E-state index in [0.717, 1.165) is 13.1 Å². The van der Waals surface area contributed by atoms with Crippen molar-refractivity contribution in [2.75, 3.05) is 59.4 Å². The summed E-state index contributed by atoms with van der Waals surface area (Å²) in [6.07, 6.45) is 0.161. The van der Waals surface area contributed by atoms with Crippen LogP contribution in [0, 0.1) is 16.7 Å². The number of hydrogen-bond donors (Lipinski definition) is 0. The Hall–Kier alpha value is -1.21. The monoisotopic (exact) mass is 357 g/mol. The van der Waals surface area contributed by atoms with Crippen LogP contribution < -0.4 is 0 Å². The molecule has 0 saturated carbocycles. The Labute approximate surface area is 144 Å². The zero-order chi connectivity index (χ0) is 18.0. The van der Waals surface area contributed by atoms with Crippen molar-refractivity contribution < 1.29 is 13.2 Å². The molecular formula is C15H27N5O3S.